The van der Waals surface area contributed by atoms with E-state index in [1.54, 1.807) is 20.8 Å². The number of hydrogen-bond donors (Lipinski definition) is 1. The lowest BCUT2D eigenvalue weighted by Crippen LogP contribution is -2.54. The second-order valence-electron chi connectivity index (χ2n) is 9.23. The summed E-state index contributed by atoms with van der Waals surface area (Å²) in [7, 11) is 0. The number of piperidine rings is 1. The van der Waals surface area contributed by atoms with E-state index < -0.39 is 23.9 Å². The van der Waals surface area contributed by atoms with Gasteiger partial charge in [0.25, 0.3) is 0 Å². The lowest BCUT2D eigenvalue weighted by molar-refractivity contribution is 0.0465. The van der Waals surface area contributed by atoms with E-state index in [1.165, 1.54) is 0 Å². The summed E-state index contributed by atoms with van der Waals surface area (Å²) >= 11 is 6.19. The molecule has 30 heavy (non-hydrogen) atoms. The molecule has 0 radical (unpaired) electrons. The molecule has 3 rings (SSSR count). The Balaban J connectivity index is 1.67. The van der Waals surface area contributed by atoms with Gasteiger partial charge in [0.15, 0.2) is 0 Å². The number of carbonyl (C=O) groups is 1. The summed E-state index contributed by atoms with van der Waals surface area (Å²) in [4.78, 5) is 18.5. The fraction of sp³-hybridized carbons (Fsp3) is 0.727. The molecule has 0 bridgehead atoms. The van der Waals surface area contributed by atoms with Crippen LogP contribution in [-0.4, -0.2) is 55.2 Å². The lowest BCUT2D eigenvalue weighted by atomic mass is 9.92. The van der Waals surface area contributed by atoms with Crippen molar-refractivity contribution in [1.82, 2.24) is 10.3 Å². The van der Waals surface area contributed by atoms with Crippen LogP contribution in [0.1, 0.15) is 52.0 Å². The largest absolute Gasteiger partial charge is 0.444 e. The van der Waals surface area contributed by atoms with Crippen molar-refractivity contribution in [2.24, 2.45) is 5.92 Å². The predicted octanol–water partition coefficient (Wildman–Crippen LogP) is 4.54. The fourth-order valence-electron chi connectivity index (χ4n) is 4.07. The van der Waals surface area contributed by atoms with Gasteiger partial charge >= 0.3 is 6.09 Å². The fourth-order valence-corrected chi connectivity index (χ4v) is 4.22. The summed E-state index contributed by atoms with van der Waals surface area (Å²) in [6, 6.07) is 1.22. The number of nitrogens with one attached hydrogen (secondary N) is 1. The molecule has 2 saturated heterocycles. The van der Waals surface area contributed by atoms with Crippen LogP contribution in [0.25, 0.3) is 0 Å². The number of ether oxygens (including phenoxy) is 2. The van der Waals surface area contributed by atoms with Crippen LogP contribution in [0, 0.1) is 5.92 Å². The highest BCUT2D eigenvalue weighted by molar-refractivity contribution is 6.29. The average molecular weight is 442 g/mol. The first-order chi connectivity index (χ1) is 14.2. The Morgan fingerprint density at radius 2 is 2.10 bits per heavy atom. The maximum Gasteiger partial charge on any atom is 0.408 e. The van der Waals surface area contributed by atoms with Crippen molar-refractivity contribution in [3.63, 3.8) is 0 Å². The van der Waals surface area contributed by atoms with E-state index in [0.717, 1.165) is 50.1 Å². The van der Waals surface area contributed by atoms with Crippen LogP contribution < -0.4 is 10.2 Å². The van der Waals surface area contributed by atoms with Crippen molar-refractivity contribution < 1.29 is 18.7 Å². The number of pyridine rings is 1. The molecule has 0 aliphatic carbocycles. The monoisotopic (exact) mass is 441 g/mol. The normalized spacial score (nSPS) is 23.3. The number of amides is 1. The van der Waals surface area contributed by atoms with Gasteiger partial charge in [0.1, 0.15) is 16.9 Å². The minimum absolute atomic E-state index is 0.333. The average Bonchev–Trinajstić information content (AvgIpc) is 2.68. The van der Waals surface area contributed by atoms with Crippen LogP contribution >= 0.6 is 11.6 Å². The van der Waals surface area contributed by atoms with E-state index in [-0.39, 0.29) is 0 Å². The van der Waals surface area contributed by atoms with Gasteiger partial charge < -0.3 is 19.7 Å². The first kappa shape index (κ1) is 23.1. The third kappa shape index (κ3) is 6.71. The molecule has 2 aliphatic rings. The van der Waals surface area contributed by atoms with Crippen molar-refractivity contribution >= 4 is 23.4 Å². The van der Waals surface area contributed by atoms with Crippen LogP contribution in [0.4, 0.5) is 14.9 Å². The second-order valence-corrected chi connectivity index (χ2v) is 9.62. The summed E-state index contributed by atoms with van der Waals surface area (Å²) in [5.41, 5.74) is 1.46. The van der Waals surface area contributed by atoms with E-state index in [1.807, 2.05) is 12.3 Å². The highest BCUT2D eigenvalue weighted by Gasteiger charge is 2.33. The molecule has 0 unspecified atom stereocenters. The zero-order valence-corrected chi connectivity index (χ0v) is 18.9. The Bertz CT molecular complexity index is 722. The van der Waals surface area contributed by atoms with Gasteiger partial charge in [-0.1, -0.05) is 11.6 Å². The van der Waals surface area contributed by atoms with Crippen molar-refractivity contribution in [1.29, 1.82) is 0 Å². The smallest absolute Gasteiger partial charge is 0.408 e. The SMILES string of the molecule is CC(C)(C)OC(=O)N[C@@H]1CN(c2cc(Cl)ncc2CCC2CCOCC2)CC[C@@H]1F. The van der Waals surface area contributed by atoms with Crippen molar-refractivity contribution in [3.05, 3.63) is 23.0 Å². The first-order valence-electron chi connectivity index (χ1n) is 10.8. The van der Waals surface area contributed by atoms with Crippen molar-refractivity contribution in [2.45, 2.75) is 70.7 Å². The Morgan fingerprint density at radius 1 is 1.37 bits per heavy atom. The number of carbonyl (C=O) groups excluding carboxylic acids is 1. The molecule has 2 aliphatic heterocycles. The van der Waals surface area contributed by atoms with Crippen LogP contribution in [-0.2, 0) is 15.9 Å². The Hall–Kier alpha value is -1.60. The Kier molecular flexibility index (Phi) is 7.80. The highest BCUT2D eigenvalue weighted by Crippen LogP contribution is 2.30. The summed E-state index contributed by atoms with van der Waals surface area (Å²) in [5, 5.41) is 3.12. The maximum absolute atomic E-state index is 14.6. The number of aryl methyl sites for hydroxylation is 1. The molecule has 1 N–H and O–H groups in total. The number of anilines is 1. The molecule has 8 heteroatoms. The van der Waals surface area contributed by atoms with Gasteiger partial charge in [-0.2, -0.15) is 0 Å². The number of nitrogens with zero attached hydrogens (tertiary/aromatic N) is 2. The van der Waals surface area contributed by atoms with E-state index in [9.17, 15) is 9.18 Å². The van der Waals surface area contributed by atoms with E-state index in [4.69, 9.17) is 21.1 Å². The topological polar surface area (TPSA) is 63.7 Å². The van der Waals surface area contributed by atoms with Crippen LogP contribution in [0.5, 0.6) is 0 Å². The van der Waals surface area contributed by atoms with Crippen LogP contribution in [0.15, 0.2) is 12.3 Å². The molecule has 1 aromatic rings. The molecule has 0 aromatic carbocycles. The van der Waals surface area contributed by atoms with Gasteiger partial charge in [0.05, 0.1) is 6.04 Å². The summed E-state index contributed by atoms with van der Waals surface area (Å²) in [6.07, 6.45) is 4.59. The Morgan fingerprint density at radius 3 is 2.80 bits per heavy atom. The number of halogens is 2. The van der Waals surface area contributed by atoms with Gasteiger partial charge in [0.2, 0.25) is 0 Å². The summed E-state index contributed by atoms with van der Waals surface area (Å²) in [6.45, 7) is 7.96. The minimum atomic E-state index is -1.11. The second kappa shape index (κ2) is 10.1. The van der Waals surface area contributed by atoms with Gasteiger partial charge in [-0.25, -0.2) is 14.2 Å². The zero-order valence-electron chi connectivity index (χ0n) is 18.1. The molecule has 3 heterocycles. The summed E-state index contributed by atoms with van der Waals surface area (Å²) in [5.74, 6) is 0.653. The zero-order chi connectivity index (χ0) is 21.7. The molecule has 2 fully saturated rings. The molecular weight excluding hydrogens is 409 g/mol. The molecule has 0 saturated carbocycles. The van der Waals surface area contributed by atoms with Crippen LogP contribution in [0.3, 0.4) is 0 Å². The van der Waals surface area contributed by atoms with Gasteiger partial charge in [-0.3, -0.25) is 0 Å². The third-order valence-corrected chi connectivity index (χ3v) is 5.87. The minimum Gasteiger partial charge on any atom is -0.444 e. The van der Waals surface area contributed by atoms with E-state index in [0.29, 0.717) is 30.6 Å². The van der Waals surface area contributed by atoms with Crippen molar-refractivity contribution in [3.8, 4) is 0 Å². The number of aromatic nitrogens is 1. The molecule has 1 amide bonds. The molecule has 6 nitrogen and oxygen atoms in total. The summed E-state index contributed by atoms with van der Waals surface area (Å²) < 4.78 is 25.3. The molecule has 168 valence electrons. The van der Waals surface area contributed by atoms with Gasteiger partial charge in [-0.15, -0.1) is 0 Å². The standard InChI is InChI=1S/C22H33ClFN3O3/c1-22(2,3)30-21(28)26-18-14-27(9-6-17(18)24)19-12-20(23)25-13-16(19)5-4-15-7-10-29-11-8-15/h12-13,15,17-18H,4-11,14H2,1-3H3,(H,26,28)/t17-,18+/m0/s1. The quantitative estimate of drug-likeness (QED) is 0.680. The van der Waals surface area contributed by atoms with Gasteiger partial charge in [-0.05, 0) is 70.4 Å². The van der Waals surface area contributed by atoms with Crippen molar-refractivity contribution in [2.75, 3.05) is 31.2 Å². The molecule has 0 spiro atoms. The van der Waals surface area contributed by atoms with Crippen LogP contribution in [0.2, 0.25) is 5.15 Å². The molecule has 2 atom stereocenters. The lowest BCUT2D eigenvalue weighted by Gasteiger charge is -2.38. The maximum atomic E-state index is 14.6. The molecule has 1 aromatic heterocycles. The number of alkyl halides is 1. The Labute approximate surface area is 183 Å². The van der Waals surface area contributed by atoms with E-state index in [2.05, 4.69) is 15.2 Å². The molecular formula is C22H33ClFN3O3. The van der Waals surface area contributed by atoms with E-state index >= 15 is 0 Å². The number of rotatable bonds is 5. The highest BCUT2D eigenvalue weighted by atomic mass is 35.5. The number of alkyl carbamates (subject to hydrolysis) is 1. The van der Waals surface area contributed by atoms with Gasteiger partial charge in [0, 0.05) is 38.2 Å². The number of hydrogen-bond acceptors (Lipinski definition) is 5. The first-order valence-corrected chi connectivity index (χ1v) is 11.2. The predicted molar refractivity (Wildman–Crippen MR) is 116 cm³/mol. The third-order valence-electron chi connectivity index (χ3n) is 5.66.